The van der Waals surface area contributed by atoms with Crippen molar-refractivity contribution in [3.63, 3.8) is 0 Å². The molecule has 0 atom stereocenters. The Hall–Kier alpha value is -5.40. The fourth-order valence-corrected chi connectivity index (χ4v) is 3.55. The molecule has 2 aromatic carbocycles. The lowest BCUT2D eigenvalue weighted by Crippen LogP contribution is -2.20. The maximum absolute atomic E-state index is 10.4. The first-order valence-electron chi connectivity index (χ1n) is 10.4. The quantitative estimate of drug-likeness (QED) is 0.224. The smallest absolute Gasteiger partial charge is 0.176 e. The van der Waals surface area contributed by atoms with Crippen molar-refractivity contribution in [2.75, 3.05) is 0 Å². The molecule has 14 heteroatoms. The highest BCUT2D eigenvalue weighted by atomic mass is 16.3. The van der Waals surface area contributed by atoms with Gasteiger partial charge in [0.2, 0.25) is 0 Å². The molecule has 1 aromatic heterocycles. The van der Waals surface area contributed by atoms with Gasteiger partial charge in [0, 0.05) is 25.0 Å². The second-order valence-corrected chi connectivity index (χ2v) is 8.03. The van der Waals surface area contributed by atoms with E-state index in [1.807, 2.05) is 0 Å². The summed E-state index contributed by atoms with van der Waals surface area (Å²) in [4.78, 5) is 22.4. The number of rotatable bonds is 0. The molecule has 0 aliphatic carbocycles. The van der Waals surface area contributed by atoms with Gasteiger partial charge >= 0.3 is 0 Å². The molecule has 0 radical (unpaired) electrons. The summed E-state index contributed by atoms with van der Waals surface area (Å²) in [5.74, 6) is -1.88. The van der Waals surface area contributed by atoms with Crippen LogP contribution in [-0.2, 0) is 0 Å². The van der Waals surface area contributed by atoms with Crippen molar-refractivity contribution in [1.82, 2.24) is 29.9 Å². The summed E-state index contributed by atoms with van der Waals surface area (Å²) in [7, 11) is 0. The van der Waals surface area contributed by atoms with E-state index in [2.05, 4.69) is 29.9 Å². The van der Waals surface area contributed by atoms with Gasteiger partial charge in [0.15, 0.2) is 23.3 Å². The Morgan fingerprint density at radius 2 is 0.944 bits per heavy atom. The zero-order valence-corrected chi connectivity index (χ0v) is 18.3. The van der Waals surface area contributed by atoms with Gasteiger partial charge in [0.05, 0.1) is 33.9 Å². The number of nitrogens with zero attached hydrogens (tertiary/aromatic N) is 4. The maximum atomic E-state index is 10.4. The van der Waals surface area contributed by atoms with Gasteiger partial charge in [-0.2, -0.15) is 0 Å². The van der Waals surface area contributed by atoms with Gasteiger partial charge in [-0.05, 0) is 12.1 Å². The number of hydrogen-bond acceptors (Lipinski definition) is 12. The van der Waals surface area contributed by atoms with Crippen LogP contribution in [-0.4, -0.2) is 73.2 Å². The first kappa shape index (κ1) is 22.4. The van der Waals surface area contributed by atoms with Gasteiger partial charge in [0.1, 0.15) is 34.0 Å². The molecule has 8 bridgehead atoms. The molecule has 3 aromatic rings. The Balaban J connectivity index is 2.02. The Morgan fingerprint density at radius 3 is 1.39 bits per heavy atom. The van der Waals surface area contributed by atoms with Crippen LogP contribution in [0.3, 0.4) is 0 Å². The SMILES string of the molecule is N=C1CC(=N)c2nc1nc1cc(nc3nc([nH]c4cc([nH]2)c(O)cc4O)C(=N)CC3=N)c(O)cc1O. The summed E-state index contributed by atoms with van der Waals surface area (Å²) >= 11 is 0. The van der Waals surface area contributed by atoms with Crippen LogP contribution in [0, 0.1) is 21.6 Å². The summed E-state index contributed by atoms with van der Waals surface area (Å²) in [5.41, 5.74) is -0.397. The molecule has 36 heavy (non-hydrogen) atoms. The molecule has 0 amide bonds. The zero-order chi connectivity index (χ0) is 25.7. The number of phenolic OH excluding ortho intramolecular Hbond substituents is 4. The minimum Gasteiger partial charge on any atom is -0.506 e. The topological polar surface area (TPSA) is 259 Å². The van der Waals surface area contributed by atoms with E-state index >= 15 is 0 Å². The Labute approximate surface area is 200 Å². The van der Waals surface area contributed by atoms with Gasteiger partial charge < -0.3 is 52.0 Å². The normalized spacial score (nSPS) is 14.0. The van der Waals surface area contributed by atoms with Crippen molar-refractivity contribution in [3.05, 3.63) is 47.6 Å². The van der Waals surface area contributed by atoms with Crippen LogP contribution in [0.2, 0.25) is 0 Å². The van der Waals surface area contributed by atoms with Gasteiger partial charge in [-0.1, -0.05) is 0 Å². The first-order valence-corrected chi connectivity index (χ1v) is 10.4. The average Bonchev–Trinajstić information content (AvgIpc) is 2.79. The molecular formula is C22H18N10O4. The molecular weight excluding hydrogens is 468 g/mol. The molecule has 10 N–H and O–H groups in total. The van der Waals surface area contributed by atoms with Crippen molar-refractivity contribution < 1.29 is 20.4 Å². The summed E-state index contributed by atoms with van der Waals surface area (Å²) in [6, 6.07) is 4.58. The predicted molar refractivity (Wildman–Crippen MR) is 129 cm³/mol. The van der Waals surface area contributed by atoms with Crippen molar-refractivity contribution in [2.45, 2.75) is 12.8 Å². The van der Waals surface area contributed by atoms with Crippen molar-refractivity contribution in [3.8, 4) is 23.0 Å². The number of aromatic amines is 2. The Morgan fingerprint density at radius 1 is 0.528 bits per heavy atom. The van der Waals surface area contributed by atoms with E-state index < -0.39 is 11.5 Å². The number of H-pyrrole nitrogens is 2. The molecule has 2 aliphatic heterocycles. The lowest BCUT2D eigenvalue weighted by Gasteiger charge is -2.12. The van der Waals surface area contributed by atoms with Gasteiger partial charge in [-0.3, -0.25) is 0 Å². The molecule has 5 rings (SSSR count). The van der Waals surface area contributed by atoms with Crippen LogP contribution < -0.4 is 0 Å². The van der Waals surface area contributed by atoms with Crippen LogP contribution in [0.4, 0.5) is 0 Å². The summed E-state index contributed by atoms with van der Waals surface area (Å²) in [6.07, 6.45) is -0.290. The van der Waals surface area contributed by atoms with Crippen LogP contribution in [0.5, 0.6) is 23.0 Å². The lowest BCUT2D eigenvalue weighted by atomic mass is 10.1. The van der Waals surface area contributed by atoms with Gasteiger partial charge in [-0.15, -0.1) is 0 Å². The third kappa shape index (κ3) is 3.91. The number of phenols is 4. The van der Waals surface area contributed by atoms with E-state index in [9.17, 15) is 20.4 Å². The third-order valence-electron chi connectivity index (χ3n) is 5.40. The lowest BCUT2D eigenvalue weighted by molar-refractivity contribution is 0.455. The molecule has 0 unspecified atom stereocenters. The minimum absolute atomic E-state index is 0.0289. The standard InChI is InChI=1S/C22H18N10O4/c23-7-1-8(24)20-28-12-4-14(18(36)6-16(12)34)30-22-10(26)2-9(25)21(32-22)29-13-3-11(27-19(7)31-20)15(33)5-17(13)35/h3-6,23-26,33-36H,1-2H2,(H,27,28,31)(H,29,30,32). The van der Waals surface area contributed by atoms with E-state index in [-0.39, 0.29) is 92.6 Å². The molecule has 2 aliphatic rings. The fraction of sp³-hybridized carbons (Fsp3) is 0.0909. The molecule has 0 saturated heterocycles. The Kier molecular flexibility index (Phi) is 5.05. The van der Waals surface area contributed by atoms with Crippen LogP contribution in [0.15, 0.2) is 24.3 Å². The van der Waals surface area contributed by atoms with E-state index in [1.54, 1.807) is 0 Å². The van der Waals surface area contributed by atoms with Gasteiger partial charge in [0.25, 0.3) is 0 Å². The monoisotopic (exact) mass is 486 g/mol. The maximum Gasteiger partial charge on any atom is 0.176 e. The number of benzene rings is 2. The van der Waals surface area contributed by atoms with E-state index in [1.165, 1.54) is 12.1 Å². The highest BCUT2D eigenvalue weighted by molar-refractivity contribution is 6.16. The van der Waals surface area contributed by atoms with E-state index in [0.29, 0.717) is 0 Å². The molecule has 3 heterocycles. The van der Waals surface area contributed by atoms with Crippen molar-refractivity contribution >= 4 is 44.9 Å². The average molecular weight is 486 g/mol. The van der Waals surface area contributed by atoms with Crippen molar-refractivity contribution in [1.29, 1.82) is 21.6 Å². The van der Waals surface area contributed by atoms with Crippen LogP contribution in [0.25, 0.3) is 22.1 Å². The predicted octanol–water partition coefficient (Wildman–Crippen LogP) is 2.14. The molecule has 180 valence electrons. The van der Waals surface area contributed by atoms with Crippen LogP contribution in [0.1, 0.15) is 36.1 Å². The minimum atomic E-state index is -0.421. The summed E-state index contributed by atoms with van der Waals surface area (Å²) < 4.78 is 0. The van der Waals surface area contributed by atoms with Crippen LogP contribution >= 0.6 is 0 Å². The second kappa shape index (κ2) is 8.12. The Bertz CT molecular complexity index is 1480. The van der Waals surface area contributed by atoms with Gasteiger partial charge in [-0.25, -0.2) is 19.9 Å². The number of nitrogens with one attached hydrogen (secondary N) is 6. The number of aromatic nitrogens is 6. The zero-order valence-electron chi connectivity index (χ0n) is 18.3. The molecule has 0 spiro atoms. The van der Waals surface area contributed by atoms with E-state index in [4.69, 9.17) is 21.6 Å². The van der Waals surface area contributed by atoms with Crippen molar-refractivity contribution in [2.24, 2.45) is 0 Å². The molecule has 14 nitrogen and oxygen atoms in total. The highest BCUT2D eigenvalue weighted by Crippen LogP contribution is 2.28. The number of aromatic hydroxyl groups is 4. The largest absolute Gasteiger partial charge is 0.506 e. The summed E-state index contributed by atoms with van der Waals surface area (Å²) in [5, 5.41) is 74.2. The first-order chi connectivity index (χ1) is 17.1. The van der Waals surface area contributed by atoms with E-state index in [0.717, 1.165) is 12.1 Å². The molecule has 0 saturated carbocycles. The number of hydrogen-bond donors (Lipinski definition) is 10. The summed E-state index contributed by atoms with van der Waals surface area (Å²) in [6.45, 7) is 0. The highest BCUT2D eigenvalue weighted by Gasteiger charge is 2.20. The second-order valence-electron chi connectivity index (χ2n) is 8.03. The fourth-order valence-electron chi connectivity index (χ4n) is 3.55. The molecule has 0 fully saturated rings. The number of fused-ring (bicyclic) bond motifs is 8. The third-order valence-corrected chi connectivity index (χ3v) is 5.40.